The first-order chi connectivity index (χ1) is 9.70. The molecule has 0 spiro atoms. The zero-order valence-electron chi connectivity index (χ0n) is 10.8. The van der Waals surface area contributed by atoms with E-state index in [1.54, 1.807) is 24.3 Å². The van der Waals surface area contributed by atoms with Gasteiger partial charge in [-0.2, -0.15) is 0 Å². The first-order valence-electron chi connectivity index (χ1n) is 6.83. The number of rotatable bonds is 1. The first kappa shape index (κ1) is 11.5. The fourth-order valence-corrected chi connectivity index (χ4v) is 3.89. The van der Waals surface area contributed by atoms with E-state index < -0.39 is 0 Å². The van der Waals surface area contributed by atoms with Gasteiger partial charge in [0.1, 0.15) is 0 Å². The minimum atomic E-state index is -0.160. The van der Waals surface area contributed by atoms with Crippen LogP contribution in [-0.4, -0.2) is 11.8 Å². The summed E-state index contributed by atoms with van der Waals surface area (Å²) in [5.41, 5.74) is 1.28. The molecule has 20 heavy (non-hydrogen) atoms. The van der Waals surface area contributed by atoms with E-state index >= 15 is 0 Å². The second-order valence-corrected chi connectivity index (χ2v) is 5.71. The van der Waals surface area contributed by atoms with Crippen molar-refractivity contribution >= 4 is 17.5 Å². The number of benzene rings is 1. The fraction of sp³-hybridized carbons (Fsp3) is 0.294. The minimum absolute atomic E-state index is 0.0639. The predicted molar refractivity (Wildman–Crippen MR) is 74.6 cm³/mol. The molecule has 1 saturated carbocycles. The Kier molecular flexibility index (Phi) is 2.20. The quantitative estimate of drug-likeness (QED) is 0.441. The van der Waals surface area contributed by atoms with Gasteiger partial charge in [-0.1, -0.05) is 24.1 Å². The SMILES string of the molecule is C#Cc1cccc(N2C(=O)[C@H]3[C@H](C2=O)[C@H]2C=C[C@H]3C2)c1. The Morgan fingerprint density at radius 3 is 2.35 bits per heavy atom. The smallest absolute Gasteiger partial charge is 0.238 e. The molecule has 98 valence electrons. The van der Waals surface area contributed by atoms with E-state index in [0.717, 1.165) is 6.42 Å². The van der Waals surface area contributed by atoms with Crippen LogP contribution in [0.15, 0.2) is 36.4 Å². The van der Waals surface area contributed by atoms with Gasteiger partial charge in [-0.3, -0.25) is 9.59 Å². The lowest BCUT2D eigenvalue weighted by Gasteiger charge is -2.17. The summed E-state index contributed by atoms with van der Waals surface area (Å²) in [5.74, 6) is 2.57. The molecule has 0 aromatic heterocycles. The molecule has 1 heterocycles. The number of hydrogen-bond acceptors (Lipinski definition) is 2. The highest BCUT2D eigenvalue weighted by Gasteiger charge is 2.59. The monoisotopic (exact) mass is 263 g/mol. The summed E-state index contributed by atoms with van der Waals surface area (Å²) in [6, 6.07) is 7.08. The molecule has 0 unspecified atom stereocenters. The van der Waals surface area contributed by atoms with E-state index in [9.17, 15) is 9.59 Å². The number of hydrogen-bond donors (Lipinski definition) is 0. The maximum absolute atomic E-state index is 12.6. The van der Waals surface area contributed by atoms with E-state index in [2.05, 4.69) is 18.1 Å². The van der Waals surface area contributed by atoms with Crippen molar-refractivity contribution < 1.29 is 9.59 Å². The summed E-state index contributed by atoms with van der Waals surface area (Å²) in [6.07, 6.45) is 10.5. The molecule has 1 saturated heterocycles. The fourth-order valence-electron chi connectivity index (χ4n) is 3.89. The number of carbonyl (C=O) groups is 2. The zero-order valence-corrected chi connectivity index (χ0v) is 10.8. The van der Waals surface area contributed by atoms with Gasteiger partial charge < -0.3 is 0 Å². The maximum atomic E-state index is 12.6. The third-order valence-corrected chi connectivity index (χ3v) is 4.74. The lowest BCUT2D eigenvalue weighted by molar-refractivity contribution is -0.123. The summed E-state index contributed by atoms with van der Waals surface area (Å²) in [4.78, 5) is 26.5. The van der Waals surface area contributed by atoms with Crippen LogP contribution in [0, 0.1) is 36.0 Å². The summed E-state index contributed by atoms with van der Waals surface area (Å²) in [5, 5.41) is 0. The molecule has 3 aliphatic rings. The number of nitrogens with zero attached hydrogens (tertiary/aromatic N) is 1. The van der Waals surface area contributed by atoms with Crippen LogP contribution in [0.3, 0.4) is 0 Å². The van der Waals surface area contributed by atoms with Gasteiger partial charge in [0.15, 0.2) is 0 Å². The molecular weight excluding hydrogens is 250 g/mol. The van der Waals surface area contributed by atoms with Gasteiger partial charge >= 0.3 is 0 Å². The Hall–Kier alpha value is -2.34. The van der Waals surface area contributed by atoms with E-state index in [1.165, 1.54) is 4.90 Å². The molecule has 1 aromatic carbocycles. The van der Waals surface area contributed by atoms with Crippen molar-refractivity contribution in [2.24, 2.45) is 23.7 Å². The van der Waals surface area contributed by atoms with E-state index in [0.29, 0.717) is 11.3 Å². The van der Waals surface area contributed by atoms with Gasteiger partial charge in [-0.05, 0) is 36.5 Å². The summed E-state index contributed by atoms with van der Waals surface area (Å²) in [7, 11) is 0. The number of carbonyl (C=O) groups excluding carboxylic acids is 2. The largest absolute Gasteiger partial charge is 0.274 e. The zero-order chi connectivity index (χ0) is 13.9. The summed E-state index contributed by atoms with van der Waals surface area (Å²) in [6.45, 7) is 0. The van der Waals surface area contributed by atoms with Crippen molar-refractivity contribution in [2.45, 2.75) is 6.42 Å². The van der Waals surface area contributed by atoms with Crippen molar-refractivity contribution in [3.05, 3.63) is 42.0 Å². The van der Waals surface area contributed by atoms with Gasteiger partial charge in [0, 0.05) is 5.56 Å². The van der Waals surface area contributed by atoms with Gasteiger partial charge in [0.25, 0.3) is 0 Å². The highest BCUT2D eigenvalue weighted by atomic mass is 16.2. The molecule has 1 aliphatic heterocycles. The number of terminal acetylenes is 1. The molecule has 0 radical (unpaired) electrons. The van der Waals surface area contributed by atoms with Gasteiger partial charge in [-0.15, -0.1) is 6.42 Å². The third kappa shape index (κ3) is 1.31. The maximum Gasteiger partial charge on any atom is 0.238 e. The van der Waals surface area contributed by atoms with Crippen LogP contribution in [0.1, 0.15) is 12.0 Å². The Morgan fingerprint density at radius 2 is 1.75 bits per heavy atom. The van der Waals surface area contributed by atoms with Crippen LogP contribution >= 0.6 is 0 Å². The lowest BCUT2D eigenvalue weighted by Crippen LogP contribution is -2.32. The highest BCUT2D eigenvalue weighted by molar-refractivity contribution is 6.22. The standard InChI is InChI=1S/C17H13NO2/c1-2-10-4-3-5-13(8-10)18-16(19)14-11-6-7-12(9-11)15(14)17(18)20/h1,3-8,11-12,14-15H,9H2/t11-,12-,14+,15+/m0/s1. The average Bonchev–Trinajstić information content (AvgIpc) is 3.13. The number of fused-ring (bicyclic) bond motifs is 5. The van der Waals surface area contributed by atoms with Gasteiger partial charge in [-0.25, -0.2) is 4.90 Å². The van der Waals surface area contributed by atoms with Crippen LogP contribution in [0.4, 0.5) is 5.69 Å². The van der Waals surface area contributed by atoms with Crippen LogP contribution in [0.5, 0.6) is 0 Å². The van der Waals surface area contributed by atoms with Crippen LogP contribution < -0.4 is 4.90 Å². The highest BCUT2D eigenvalue weighted by Crippen LogP contribution is 2.53. The first-order valence-corrected chi connectivity index (χ1v) is 6.83. The van der Waals surface area contributed by atoms with Gasteiger partial charge in [0.2, 0.25) is 11.8 Å². The Bertz CT molecular complexity index is 667. The van der Waals surface area contributed by atoms with Crippen molar-refractivity contribution in [2.75, 3.05) is 4.90 Å². The molecule has 2 fully saturated rings. The van der Waals surface area contributed by atoms with E-state index in [4.69, 9.17) is 6.42 Å². The topological polar surface area (TPSA) is 37.4 Å². The minimum Gasteiger partial charge on any atom is -0.274 e. The Labute approximate surface area is 117 Å². The molecule has 0 N–H and O–H groups in total. The number of amides is 2. The normalized spacial score (nSPS) is 33.6. The van der Waals surface area contributed by atoms with Crippen LogP contribution in [-0.2, 0) is 9.59 Å². The lowest BCUT2D eigenvalue weighted by atomic mass is 9.85. The van der Waals surface area contributed by atoms with E-state index in [-0.39, 0.29) is 35.5 Å². The molecule has 4 atom stereocenters. The average molecular weight is 263 g/mol. The molecule has 1 aromatic rings. The molecule has 2 bridgehead atoms. The third-order valence-electron chi connectivity index (χ3n) is 4.74. The van der Waals surface area contributed by atoms with Crippen LogP contribution in [0.25, 0.3) is 0 Å². The summed E-state index contributed by atoms with van der Waals surface area (Å²) >= 11 is 0. The Balaban J connectivity index is 1.76. The second kappa shape index (κ2) is 3.83. The predicted octanol–water partition coefficient (Wildman–Crippen LogP) is 1.98. The Morgan fingerprint density at radius 1 is 1.10 bits per heavy atom. The summed E-state index contributed by atoms with van der Waals surface area (Å²) < 4.78 is 0. The van der Waals surface area contributed by atoms with Crippen molar-refractivity contribution in [3.63, 3.8) is 0 Å². The number of anilines is 1. The molecular formula is C17H13NO2. The molecule has 3 nitrogen and oxygen atoms in total. The van der Waals surface area contributed by atoms with Crippen molar-refractivity contribution in [3.8, 4) is 12.3 Å². The molecule has 2 amide bonds. The molecule has 2 aliphatic carbocycles. The molecule has 3 heteroatoms. The second-order valence-electron chi connectivity index (χ2n) is 5.71. The van der Waals surface area contributed by atoms with Crippen molar-refractivity contribution in [1.82, 2.24) is 0 Å². The van der Waals surface area contributed by atoms with Crippen molar-refractivity contribution in [1.29, 1.82) is 0 Å². The van der Waals surface area contributed by atoms with E-state index in [1.807, 2.05) is 0 Å². The van der Waals surface area contributed by atoms with Crippen LogP contribution in [0.2, 0.25) is 0 Å². The number of allylic oxidation sites excluding steroid dienone is 2. The van der Waals surface area contributed by atoms with Gasteiger partial charge in [0.05, 0.1) is 17.5 Å². The number of imide groups is 1. The molecule has 4 rings (SSSR count).